The number of unbranched alkanes of at least 4 members (excludes halogenated alkanes) is 1. The molecule has 68 heavy (non-hydrogen) atoms. The molecule has 6 atom stereocenters. The van der Waals surface area contributed by atoms with Gasteiger partial charge in [0.1, 0.15) is 36.0 Å². The van der Waals surface area contributed by atoms with E-state index in [0.29, 0.717) is 29.5 Å². The molecule has 360 valence electrons. The van der Waals surface area contributed by atoms with Crippen molar-refractivity contribution in [3.8, 4) is 5.75 Å². The molecule has 0 saturated heterocycles. The second kappa shape index (κ2) is 24.1. The van der Waals surface area contributed by atoms with Gasteiger partial charge < -0.3 is 58.1 Å². The van der Waals surface area contributed by atoms with Crippen LogP contribution in [0.2, 0.25) is 0 Å². The first kappa shape index (κ1) is 51.2. The van der Waals surface area contributed by atoms with Gasteiger partial charge in [-0.15, -0.1) is 0 Å². The molecule has 19 heteroatoms. The summed E-state index contributed by atoms with van der Waals surface area (Å²) in [6.07, 6.45) is 1.81. The molecule has 0 unspecified atom stereocenters. The van der Waals surface area contributed by atoms with Crippen LogP contribution in [0.4, 0.5) is 0 Å². The minimum Gasteiger partial charge on any atom is -0.508 e. The summed E-state index contributed by atoms with van der Waals surface area (Å²) >= 11 is 0. The van der Waals surface area contributed by atoms with Crippen LogP contribution >= 0.6 is 0 Å². The quantitative estimate of drug-likeness (QED) is 0.0422. The number of aromatic nitrogens is 1. The Balaban J connectivity index is 1.35. The van der Waals surface area contributed by atoms with Crippen LogP contribution in [0.15, 0.2) is 97.2 Å². The molecule has 19 nitrogen and oxygen atoms in total. The van der Waals surface area contributed by atoms with Gasteiger partial charge >= 0.3 is 5.97 Å². The third-order valence-electron chi connectivity index (χ3n) is 11.5. The maximum absolute atomic E-state index is 14.6. The Morgan fingerprint density at radius 1 is 0.691 bits per heavy atom. The first-order chi connectivity index (χ1) is 32.4. The number of nitrogens with one attached hydrogen (secondary N) is 6. The molecule has 5 rings (SSSR count). The van der Waals surface area contributed by atoms with E-state index in [0.717, 1.165) is 26.6 Å². The second-order valence-corrected chi connectivity index (χ2v) is 16.7. The van der Waals surface area contributed by atoms with Gasteiger partial charge in [0.15, 0.2) is 0 Å². The lowest BCUT2D eigenvalue weighted by atomic mass is 9.98. The van der Waals surface area contributed by atoms with Crippen LogP contribution < -0.4 is 38.1 Å². The van der Waals surface area contributed by atoms with Crippen LogP contribution in [0.25, 0.3) is 21.7 Å². The minimum atomic E-state index is -1.69. The van der Waals surface area contributed by atoms with E-state index in [-0.39, 0.29) is 31.4 Å². The Morgan fingerprint density at radius 2 is 1.32 bits per heavy atom. The largest absolute Gasteiger partial charge is 0.508 e. The number of H-pyrrole nitrogens is 1. The molecule has 0 aliphatic heterocycles. The van der Waals surface area contributed by atoms with Crippen molar-refractivity contribution in [1.29, 1.82) is 0 Å². The Kier molecular flexibility index (Phi) is 18.1. The number of carboxylic acid groups (broad SMARTS) is 1. The number of hydrogen-bond donors (Lipinski definition) is 10. The van der Waals surface area contributed by atoms with Gasteiger partial charge in [-0.1, -0.05) is 92.6 Å². The highest BCUT2D eigenvalue weighted by atomic mass is 16.4. The number of hydrogen-bond acceptors (Lipinski definition) is 10. The third-order valence-corrected chi connectivity index (χ3v) is 11.5. The molecule has 5 aromatic rings. The topological polar surface area (TPSA) is 308 Å². The van der Waals surface area contributed by atoms with Crippen LogP contribution in [0.1, 0.15) is 56.2 Å². The number of aliphatic carboxylic acids is 1. The highest BCUT2D eigenvalue weighted by Crippen LogP contribution is 2.22. The standard InChI is InChI=1S/C49H59N9O10/c1-4-5-17-41(48(67)57-39(25-43(61)62)47(66)55-37(44(51)63)23-31-13-10-12-30-11-6-7-14-34(30)31)58(3)49(68)40(24-32-26-52-36-16-9-8-15-35(32)36)54-42(60)27-53-46(65)38(56-45(64)28(2)50)22-29-18-20-33(59)21-19-29/h6-16,18-21,26,28,37-41,52,59H,4-5,17,22-25,27,50H2,1-3H3,(H2,51,63)(H,53,65)(H,54,60)(H,55,66)(H,56,64)(H,57,67)(H,61,62)/t28-,37-,38-,39-,40-,41-/m0/s1. The monoisotopic (exact) mass is 933 g/mol. The van der Waals surface area contributed by atoms with Crippen molar-refractivity contribution in [1.82, 2.24) is 36.5 Å². The number of aromatic amines is 1. The second-order valence-electron chi connectivity index (χ2n) is 16.7. The number of aromatic hydroxyl groups is 1. The van der Waals surface area contributed by atoms with Gasteiger partial charge in [0.25, 0.3) is 0 Å². The van der Waals surface area contributed by atoms with E-state index in [1.165, 1.54) is 26.1 Å². The molecular formula is C49H59N9O10. The minimum absolute atomic E-state index is 0.000469. The van der Waals surface area contributed by atoms with Gasteiger partial charge in [0.2, 0.25) is 41.4 Å². The first-order valence-corrected chi connectivity index (χ1v) is 22.3. The maximum atomic E-state index is 14.6. The van der Waals surface area contributed by atoms with Crippen molar-refractivity contribution in [3.05, 3.63) is 114 Å². The number of phenols is 1. The number of carbonyl (C=O) groups excluding carboxylic acids is 7. The molecule has 0 saturated carbocycles. The molecule has 1 aromatic heterocycles. The van der Waals surface area contributed by atoms with E-state index in [9.17, 15) is 48.6 Å². The third kappa shape index (κ3) is 14.1. The van der Waals surface area contributed by atoms with Crippen LogP contribution in [0.3, 0.4) is 0 Å². The highest BCUT2D eigenvalue weighted by Gasteiger charge is 2.36. The number of primary amides is 1. The number of benzene rings is 4. The van der Waals surface area contributed by atoms with Crippen LogP contribution in [0, 0.1) is 0 Å². The predicted molar refractivity (Wildman–Crippen MR) is 253 cm³/mol. The number of carbonyl (C=O) groups is 8. The number of para-hydroxylation sites is 1. The molecule has 0 aliphatic rings. The average molecular weight is 934 g/mol. The summed E-state index contributed by atoms with van der Waals surface area (Å²) in [7, 11) is 1.35. The molecular weight excluding hydrogens is 875 g/mol. The predicted octanol–water partition coefficient (Wildman–Crippen LogP) is 1.43. The molecule has 0 radical (unpaired) electrons. The van der Waals surface area contributed by atoms with Gasteiger partial charge in [0.05, 0.1) is 19.0 Å². The fraction of sp³-hybridized carbons (Fsp3) is 0.347. The summed E-state index contributed by atoms with van der Waals surface area (Å²) in [6, 6.07) is 18.5. The Hall–Kier alpha value is -7.80. The summed E-state index contributed by atoms with van der Waals surface area (Å²) in [5, 5.41) is 34.8. The van der Waals surface area contributed by atoms with Crippen molar-refractivity contribution in [3.63, 3.8) is 0 Å². The summed E-state index contributed by atoms with van der Waals surface area (Å²) in [5.41, 5.74) is 14.2. The van der Waals surface area contributed by atoms with Gasteiger partial charge in [-0.3, -0.25) is 38.4 Å². The SMILES string of the molecule is CCCC[C@@H](C(=O)N[C@@H](CC(=O)O)C(=O)N[C@@H](Cc1cccc2ccccc12)C(N)=O)N(C)C(=O)[C@H](Cc1c[nH]c2ccccc12)NC(=O)CNC(=O)[C@H](Cc1ccc(O)cc1)NC(=O)[C@H](C)N. The summed E-state index contributed by atoms with van der Waals surface area (Å²) in [5.74, 6) is -7.02. The van der Waals surface area contributed by atoms with Gasteiger partial charge in [-0.25, -0.2) is 0 Å². The zero-order chi connectivity index (χ0) is 49.5. The van der Waals surface area contributed by atoms with E-state index in [4.69, 9.17) is 11.5 Å². The Bertz CT molecular complexity index is 2610. The number of nitrogens with two attached hydrogens (primary N) is 2. The van der Waals surface area contributed by atoms with E-state index in [1.54, 1.807) is 36.5 Å². The number of phenolic OH excluding ortho intramolecular Hbond substituents is 1. The van der Waals surface area contributed by atoms with E-state index in [1.807, 2.05) is 55.5 Å². The molecule has 1 heterocycles. The molecule has 0 spiro atoms. The molecule has 0 fully saturated rings. The zero-order valence-corrected chi connectivity index (χ0v) is 38.1. The lowest BCUT2D eigenvalue weighted by Gasteiger charge is -2.32. The van der Waals surface area contributed by atoms with E-state index >= 15 is 0 Å². The van der Waals surface area contributed by atoms with Crippen molar-refractivity contribution in [2.75, 3.05) is 13.6 Å². The molecule has 0 aliphatic carbocycles. The van der Waals surface area contributed by atoms with Crippen molar-refractivity contribution >= 4 is 69.0 Å². The van der Waals surface area contributed by atoms with Gasteiger partial charge in [-0.2, -0.15) is 0 Å². The highest BCUT2D eigenvalue weighted by molar-refractivity contribution is 5.98. The van der Waals surface area contributed by atoms with Crippen molar-refractivity contribution < 1.29 is 48.6 Å². The average Bonchev–Trinajstić information content (AvgIpc) is 3.72. The van der Waals surface area contributed by atoms with Gasteiger partial charge in [0, 0.05) is 43.4 Å². The van der Waals surface area contributed by atoms with Crippen molar-refractivity contribution in [2.24, 2.45) is 11.5 Å². The maximum Gasteiger partial charge on any atom is 0.305 e. The van der Waals surface area contributed by atoms with Crippen LogP contribution in [-0.4, -0.2) is 117 Å². The van der Waals surface area contributed by atoms with E-state index in [2.05, 4.69) is 31.6 Å². The lowest BCUT2D eigenvalue weighted by molar-refractivity contribution is -0.144. The lowest BCUT2D eigenvalue weighted by Crippen LogP contribution is -2.59. The normalized spacial score (nSPS) is 13.8. The Morgan fingerprint density at radius 3 is 2.00 bits per heavy atom. The smallest absolute Gasteiger partial charge is 0.305 e. The number of likely N-dealkylation sites (N-methyl/N-ethyl adjacent to an activating group) is 1. The molecule has 7 amide bonds. The van der Waals surface area contributed by atoms with Gasteiger partial charge in [-0.05, 0) is 59.0 Å². The van der Waals surface area contributed by atoms with Crippen molar-refractivity contribution in [2.45, 2.75) is 95.0 Å². The molecule has 12 N–H and O–H groups in total. The van der Waals surface area contributed by atoms with Crippen LogP contribution in [0.5, 0.6) is 5.75 Å². The zero-order valence-electron chi connectivity index (χ0n) is 38.1. The van der Waals surface area contributed by atoms with E-state index < -0.39 is 96.5 Å². The number of nitrogens with zero attached hydrogens (tertiary/aromatic N) is 1. The summed E-state index contributed by atoms with van der Waals surface area (Å²) in [4.78, 5) is 111. The summed E-state index contributed by atoms with van der Waals surface area (Å²) < 4.78 is 0. The van der Waals surface area contributed by atoms with Crippen LogP contribution in [-0.2, 0) is 57.6 Å². The fourth-order valence-corrected chi connectivity index (χ4v) is 7.77. The first-order valence-electron chi connectivity index (χ1n) is 22.3. The number of fused-ring (bicyclic) bond motifs is 2. The number of carboxylic acids is 1. The molecule has 0 bridgehead atoms. The number of amides is 7. The number of rotatable bonds is 24. The Labute approximate surface area is 392 Å². The summed E-state index contributed by atoms with van der Waals surface area (Å²) in [6.45, 7) is 2.68. The fourth-order valence-electron chi connectivity index (χ4n) is 7.77. The molecule has 4 aromatic carbocycles.